The Morgan fingerprint density at radius 1 is 1.21 bits per heavy atom. The molecule has 1 heterocycles. The summed E-state index contributed by atoms with van der Waals surface area (Å²) in [5, 5.41) is 18.4. The van der Waals surface area contributed by atoms with Gasteiger partial charge in [0.25, 0.3) is 0 Å². The molecular weight excluding hydrogens is 388 g/mol. The van der Waals surface area contributed by atoms with Crippen LogP contribution >= 0.6 is 11.6 Å². The number of unbranched alkanes of at least 4 members (excludes halogenated alkanes) is 1. The molecule has 0 spiro atoms. The number of fused-ring (bicyclic) bond motifs is 1. The molecule has 1 unspecified atom stereocenters. The second-order valence-corrected chi connectivity index (χ2v) is 7.55. The Morgan fingerprint density at radius 3 is 2.79 bits per heavy atom. The van der Waals surface area contributed by atoms with Crippen LogP contribution < -0.4 is 15.4 Å². The lowest BCUT2D eigenvalue weighted by Crippen LogP contribution is -2.25. The number of rotatable bonds is 9. The number of hydrogen-bond acceptors (Lipinski definition) is 6. The Bertz CT molecular complexity index is 980. The van der Waals surface area contributed by atoms with Crippen LogP contribution in [0.15, 0.2) is 36.7 Å². The maximum Gasteiger partial charge on any atom is 0.162 e. The molecule has 0 saturated heterocycles. The topological polar surface area (TPSA) is 79.3 Å². The van der Waals surface area contributed by atoms with Gasteiger partial charge in [-0.3, -0.25) is 0 Å². The number of ether oxygens (including phenoxy) is 1. The van der Waals surface area contributed by atoms with Crippen LogP contribution in [0.5, 0.6) is 11.5 Å². The van der Waals surface area contributed by atoms with Crippen LogP contribution in [0.3, 0.4) is 0 Å². The summed E-state index contributed by atoms with van der Waals surface area (Å²) in [4.78, 5) is 8.65. The van der Waals surface area contributed by atoms with Crippen LogP contribution in [0, 0.1) is 0 Å². The molecule has 0 bridgehead atoms. The molecule has 0 aliphatic carbocycles. The van der Waals surface area contributed by atoms with Crippen molar-refractivity contribution in [2.45, 2.75) is 45.7 Å². The van der Waals surface area contributed by atoms with Gasteiger partial charge in [-0.15, -0.1) is 0 Å². The molecule has 0 aliphatic heterocycles. The highest BCUT2D eigenvalue weighted by molar-refractivity contribution is 6.30. The van der Waals surface area contributed by atoms with Crippen molar-refractivity contribution in [1.29, 1.82) is 0 Å². The summed E-state index contributed by atoms with van der Waals surface area (Å²) in [6.07, 6.45) is 5.03. The molecular formula is C22H27ClN4O2. The van der Waals surface area contributed by atoms with Gasteiger partial charge in [-0.2, -0.15) is 0 Å². The standard InChI is InChI=1S/C22H27ClN4O2/c1-4-5-6-14(2)24-12-15-7-8-16(23)9-18(15)27-22-17-10-20(28)21(29-3)11-19(17)25-13-26-22/h7-11,13-14,24,28H,4-6,12H2,1-3H3,(H,25,26,27). The number of benzene rings is 2. The first-order chi connectivity index (χ1) is 14.0. The first-order valence-electron chi connectivity index (χ1n) is 9.82. The van der Waals surface area contributed by atoms with Gasteiger partial charge in [0, 0.05) is 34.7 Å². The molecule has 0 fully saturated rings. The smallest absolute Gasteiger partial charge is 0.162 e. The monoisotopic (exact) mass is 414 g/mol. The predicted octanol–water partition coefficient (Wildman–Crippen LogP) is 5.41. The Morgan fingerprint density at radius 2 is 2.03 bits per heavy atom. The number of phenolic OH excluding ortho intramolecular Hbond substituents is 1. The minimum Gasteiger partial charge on any atom is -0.504 e. The summed E-state index contributed by atoms with van der Waals surface area (Å²) in [6.45, 7) is 5.12. The summed E-state index contributed by atoms with van der Waals surface area (Å²) in [5.41, 5.74) is 2.62. The normalized spacial score (nSPS) is 12.1. The first kappa shape index (κ1) is 21.1. The summed E-state index contributed by atoms with van der Waals surface area (Å²) in [6, 6.07) is 9.50. The van der Waals surface area contributed by atoms with Crippen molar-refractivity contribution >= 4 is 34.0 Å². The first-order valence-corrected chi connectivity index (χ1v) is 10.2. The van der Waals surface area contributed by atoms with E-state index in [1.807, 2.05) is 18.2 Å². The van der Waals surface area contributed by atoms with Crippen molar-refractivity contribution in [1.82, 2.24) is 15.3 Å². The van der Waals surface area contributed by atoms with E-state index < -0.39 is 0 Å². The van der Waals surface area contributed by atoms with Crippen LogP contribution in [0.4, 0.5) is 11.5 Å². The van der Waals surface area contributed by atoms with Gasteiger partial charge in [-0.05, 0) is 37.1 Å². The van der Waals surface area contributed by atoms with E-state index in [1.165, 1.54) is 26.3 Å². The van der Waals surface area contributed by atoms with E-state index in [9.17, 15) is 5.11 Å². The van der Waals surface area contributed by atoms with E-state index in [0.29, 0.717) is 40.1 Å². The summed E-state index contributed by atoms with van der Waals surface area (Å²) < 4.78 is 5.17. The molecule has 2 aromatic carbocycles. The number of methoxy groups -OCH3 is 1. The molecule has 0 radical (unpaired) electrons. The molecule has 3 N–H and O–H groups in total. The van der Waals surface area contributed by atoms with Crippen molar-refractivity contribution < 1.29 is 9.84 Å². The summed E-state index contributed by atoms with van der Waals surface area (Å²) in [5.74, 6) is 1.00. The van der Waals surface area contributed by atoms with Crippen LogP contribution in [0.2, 0.25) is 5.02 Å². The second kappa shape index (κ2) is 9.76. The largest absolute Gasteiger partial charge is 0.504 e. The average Bonchev–Trinajstić information content (AvgIpc) is 2.71. The second-order valence-electron chi connectivity index (χ2n) is 7.11. The fourth-order valence-electron chi connectivity index (χ4n) is 3.18. The van der Waals surface area contributed by atoms with Gasteiger partial charge in [0.15, 0.2) is 11.5 Å². The lowest BCUT2D eigenvalue weighted by Gasteiger charge is -2.17. The van der Waals surface area contributed by atoms with Crippen molar-refractivity contribution in [3.63, 3.8) is 0 Å². The van der Waals surface area contributed by atoms with E-state index in [4.69, 9.17) is 16.3 Å². The SMILES string of the molecule is CCCCC(C)NCc1ccc(Cl)cc1Nc1ncnc2cc(OC)c(O)cc12. The molecule has 1 aromatic heterocycles. The molecule has 1 atom stereocenters. The van der Waals surface area contributed by atoms with Crippen LogP contribution in [-0.2, 0) is 6.54 Å². The van der Waals surface area contributed by atoms with Crippen molar-refractivity contribution in [3.8, 4) is 11.5 Å². The molecule has 3 aromatic rings. The molecule has 29 heavy (non-hydrogen) atoms. The van der Waals surface area contributed by atoms with Gasteiger partial charge < -0.3 is 20.5 Å². The highest BCUT2D eigenvalue weighted by Gasteiger charge is 2.12. The Balaban J connectivity index is 1.88. The van der Waals surface area contributed by atoms with Crippen LogP contribution in [0.25, 0.3) is 10.9 Å². The summed E-state index contributed by atoms with van der Waals surface area (Å²) >= 11 is 6.25. The number of nitrogens with one attached hydrogen (secondary N) is 2. The highest BCUT2D eigenvalue weighted by Crippen LogP contribution is 2.34. The minimum atomic E-state index is 0.0376. The number of phenols is 1. The zero-order chi connectivity index (χ0) is 20.8. The zero-order valence-electron chi connectivity index (χ0n) is 17.0. The maximum absolute atomic E-state index is 10.2. The number of aromatic hydroxyl groups is 1. The fraction of sp³-hybridized carbons (Fsp3) is 0.364. The van der Waals surface area contributed by atoms with Crippen LogP contribution in [-0.4, -0.2) is 28.2 Å². The number of halogens is 1. The third-order valence-electron chi connectivity index (χ3n) is 4.89. The number of hydrogen-bond donors (Lipinski definition) is 3. The van der Waals surface area contributed by atoms with E-state index in [0.717, 1.165) is 17.7 Å². The minimum absolute atomic E-state index is 0.0376. The number of anilines is 2. The van der Waals surface area contributed by atoms with Gasteiger partial charge in [-0.25, -0.2) is 9.97 Å². The maximum atomic E-state index is 10.2. The molecule has 3 rings (SSSR count). The lowest BCUT2D eigenvalue weighted by atomic mass is 10.1. The molecule has 7 heteroatoms. The van der Waals surface area contributed by atoms with E-state index in [-0.39, 0.29) is 5.75 Å². The molecule has 0 aliphatic rings. The fourth-order valence-corrected chi connectivity index (χ4v) is 3.35. The van der Waals surface area contributed by atoms with Crippen LogP contribution in [0.1, 0.15) is 38.7 Å². The quantitative estimate of drug-likeness (QED) is 0.434. The van der Waals surface area contributed by atoms with Crippen molar-refractivity contribution in [2.24, 2.45) is 0 Å². The van der Waals surface area contributed by atoms with E-state index >= 15 is 0 Å². The number of aromatic nitrogens is 2. The van der Waals surface area contributed by atoms with E-state index in [1.54, 1.807) is 12.1 Å². The molecule has 0 saturated carbocycles. The molecule has 6 nitrogen and oxygen atoms in total. The third-order valence-corrected chi connectivity index (χ3v) is 5.13. The van der Waals surface area contributed by atoms with Gasteiger partial charge in [0.05, 0.1) is 12.6 Å². The third kappa shape index (κ3) is 5.28. The molecule has 154 valence electrons. The summed E-state index contributed by atoms with van der Waals surface area (Å²) in [7, 11) is 1.51. The van der Waals surface area contributed by atoms with Crippen molar-refractivity contribution in [3.05, 3.63) is 47.2 Å². The van der Waals surface area contributed by atoms with E-state index in [2.05, 4.69) is 34.4 Å². The van der Waals surface area contributed by atoms with Gasteiger partial charge in [0.2, 0.25) is 0 Å². The number of nitrogens with zero attached hydrogens (tertiary/aromatic N) is 2. The molecule has 0 amide bonds. The van der Waals surface area contributed by atoms with Crippen molar-refractivity contribution in [2.75, 3.05) is 12.4 Å². The zero-order valence-corrected chi connectivity index (χ0v) is 17.8. The Labute approximate surface area is 176 Å². The average molecular weight is 415 g/mol. The van der Waals surface area contributed by atoms with Gasteiger partial charge >= 0.3 is 0 Å². The predicted molar refractivity (Wildman–Crippen MR) is 118 cm³/mol. The van der Waals surface area contributed by atoms with Gasteiger partial charge in [0.1, 0.15) is 12.1 Å². The Hall–Kier alpha value is -2.57. The van der Waals surface area contributed by atoms with Gasteiger partial charge in [-0.1, -0.05) is 37.4 Å². The highest BCUT2D eigenvalue weighted by atomic mass is 35.5. The Kier molecular flexibility index (Phi) is 7.12. The lowest BCUT2D eigenvalue weighted by molar-refractivity contribution is 0.374.